The van der Waals surface area contributed by atoms with E-state index in [0.717, 1.165) is 0 Å². The summed E-state index contributed by atoms with van der Waals surface area (Å²) in [5.41, 5.74) is 0.713. The summed E-state index contributed by atoms with van der Waals surface area (Å²) in [5.74, 6) is 0.124. The summed E-state index contributed by atoms with van der Waals surface area (Å²) in [5, 5.41) is 0. The summed E-state index contributed by atoms with van der Waals surface area (Å²) in [4.78, 5) is 30.4. The van der Waals surface area contributed by atoms with Gasteiger partial charge in [-0.05, 0) is 12.1 Å². The monoisotopic (exact) mass is 327 g/mol. The largest absolute Gasteiger partial charge is 0.336 e. The van der Waals surface area contributed by atoms with E-state index in [0.29, 0.717) is 51.4 Å². The van der Waals surface area contributed by atoms with Crippen LogP contribution in [0, 0.1) is 0 Å². The predicted octanol–water partition coefficient (Wildman–Crippen LogP) is 1.64. The molecule has 0 aliphatic carbocycles. The van der Waals surface area contributed by atoms with Gasteiger partial charge in [-0.2, -0.15) is 0 Å². The Balaban J connectivity index is 1.84. The maximum Gasteiger partial charge on any atom is 0.253 e. The van der Waals surface area contributed by atoms with Crippen LogP contribution in [-0.2, 0) is 4.79 Å². The molecular formula is C19H25N3O2. The summed E-state index contributed by atoms with van der Waals surface area (Å²) >= 11 is 0. The molecule has 5 nitrogen and oxygen atoms in total. The lowest BCUT2D eigenvalue weighted by molar-refractivity contribution is -0.131. The second-order valence-corrected chi connectivity index (χ2v) is 5.81. The maximum absolute atomic E-state index is 12.4. The van der Waals surface area contributed by atoms with E-state index in [1.54, 1.807) is 17.1 Å². The van der Waals surface area contributed by atoms with Crippen molar-refractivity contribution in [3.05, 3.63) is 61.2 Å². The summed E-state index contributed by atoms with van der Waals surface area (Å²) < 4.78 is 0. The molecule has 5 heteroatoms. The Morgan fingerprint density at radius 1 is 1.00 bits per heavy atom. The van der Waals surface area contributed by atoms with Crippen LogP contribution in [0.25, 0.3) is 0 Å². The van der Waals surface area contributed by atoms with Crippen LogP contribution in [0.5, 0.6) is 0 Å². The van der Waals surface area contributed by atoms with Crippen molar-refractivity contribution < 1.29 is 9.59 Å². The van der Waals surface area contributed by atoms with Crippen molar-refractivity contribution in [1.29, 1.82) is 0 Å². The Bertz CT molecular complexity index is 568. The zero-order valence-corrected chi connectivity index (χ0v) is 14.1. The lowest BCUT2D eigenvalue weighted by atomic mass is 10.2. The zero-order valence-electron chi connectivity index (χ0n) is 14.1. The zero-order chi connectivity index (χ0) is 17.4. The van der Waals surface area contributed by atoms with Crippen molar-refractivity contribution in [3.8, 4) is 0 Å². The van der Waals surface area contributed by atoms with Gasteiger partial charge < -0.3 is 9.80 Å². The van der Waals surface area contributed by atoms with Crippen LogP contribution in [0.2, 0.25) is 0 Å². The highest BCUT2D eigenvalue weighted by atomic mass is 16.2. The molecule has 0 atom stereocenters. The number of benzene rings is 1. The molecule has 1 aromatic carbocycles. The topological polar surface area (TPSA) is 43.9 Å². The van der Waals surface area contributed by atoms with Crippen molar-refractivity contribution in [2.24, 2.45) is 0 Å². The minimum atomic E-state index is 0.0570. The van der Waals surface area contributed by atoms with Gasteiger partial charge in [-0.3, -0.25) is 14.5 Å². The van der Waals surface area contributed by atoms with Gasteiger partial charge in [-0.15, -0.1) is 13.2 Å². The normalized spacial score (nSPS) is 14.9. The van der Waals surface area contributed by atoms with Crippen LogP contribution in [0.4, 0.5) is 0 Å². The minimum absolute atomic E-state index is 0.0570. The van der Waals surface area contributed by atoms with Gasteiger partial charge in [0.2, 0.25) is 5.91 Å². The third kappa shape index (κ3) is 4.80. The minimum Gasteiger partial charge on any atom is -0.336 e. The molecule has 2 rings (SSSR count). The number of carbonyl (C=O) groups is 2. The Morgan fingerprint density at radius 2 is 1.58 bits per heavy atom. The van der Waals surface area contributed by atoms with Gasteiger partial charge >= 0.3 is 0 Å². The van der Waals surface area contributed by atoms with Gasteiger partial charge in [0.05, 0.1) is 6.54 Å². The van der Waals surface area contributed by atoms with Crippen molar-refractivity contribution in [1.82, 2.24) is 14.7 Å². The standard InChI is InChI=1S/C19H25N3O2/c1-3-10-21(11-4-2)18(23)16-20-12-14-22(15-13-20)19(24)17-8-6-5-7-9-17/h3-9H,1-2,10-16H2. The van der Waals surface area contributed by atoms with Crippen LogP contribution < -0.4 is 0 Å². The Labute approximate surface area is 143 Å². The van der Waals surface area contributed by atoms with Crippen molar-refractivity contribution >= 4 is 11.8 Å². The number of amides is 2. The number of piperazine rings is 1. The molecule has 0 radical (unpaired) electrons. The summed E-state index contributed by atoms with van der Waals surface area (Å²) in [6.45, 7) is 11.5. The molecule has 24 heavy (non-hydrogen) atoms. The van der Waals surface area contributed by atoms with Gasteiger partial charge in [0.25, 0.3) is 5.91 Å². The second-order valence-electron chi connectivity index (χ2n) is 5.81. The fourth-order valence-electron chi connectivity index (χ4n) is 2.75. The van der Waals surface area contributed by atoms with Crippen molar-refractivity contribution in [2.45, 2.75) is 0 Å². The van der Waals surface area contributed by atoms with E-state index in [-0.39, 0.29) is 11.8 Å². The number of rotatable bonds is 7. The van der Waals surface area contributed by atoms with Gasteiger partial charge in [-0.25, -0.2) is 0 Å². The van der Waals surface area contributed by atoms with E-state index in [4.69, 9.17) is 0 Å². The van der Waals surface area contributed by atoms with E-state index < -0.39 is 0 Å². The SMILES string of the molecule is C=CCN(CC=C)C(=O)CN1CCN(C(=O)c2ccccc2)CC1. The molecular weight excluding hydrogens is 302 g/mol. The highest BCUT2D eigenvalue weighted by molar-refractivity contribution is 5.94. The number of carbonyl (C=O) groups excluding carboxylic acids is 2. The predicted molar refractivity (Wildman–Crippen MR) is 95.8 cm³/mol. The number of nitrogens with zero attached hydrogens (tertiary/aromatic N) is 3. The first-order valence-electron chi connectivity index (χ1n) is 8.22. The highest BCUT2D eigenvalue weighted by Crippen LogP contribution is 2.09. The third-order valence-electron chi connectivity index (χ3n) is 4.09. The van der Waals surface area contributed by atoms with Crippen LogP contribution in [0.15, 0.2) is 55.6 Å². The molecule has 0 unspecified atom stereocenters. The van der Waals surface area contributed by atoms with E-state index in [9.17, 15) is 9.59 Å². The lowest BCUT2D eigenvalue weighted by Gasteiger charge is -2.35. The average Bonchev–Trinajstić information content (AvgIpc) is 2.62. The molecule has 1 heterocycles. The van der Waals surface area contributed by atoms with E-state index in [1.165, 1.54) is 0 Å². The first-order valence-corrected chi connectivity index (χ1v) is 8.22. The molecule has 0 N–H and O–H groups in total. The summed E-state index contributed by atoms with van der Waals surface area (Å²) in [6, 6.07) is 9.31. The quantitative estimate of drug-likeness (QED) is 0.715. The Hall–Kier alpha value is -2.40. The molecule has 0 bridgehead atoms. The van der Waals surface area contributed by atoms with Crippen LogP contribution in [0.1, 0.15) is 10.4 Å². The molecule has 1 aliphatic rings. The fraction of sp³-hybridized carbons (Fsp3) is 0.368. The number of hydrogen-bond donors (Lipinski definition) is 0. The molecule has 0 spiro atoms. The van der Waals surface area contributed by atoms with Crippen LogP contribution in [-0.4, -0.2) is 72.3 Å². The van der Waals surface area contributed by atoms with Crippen molar-refractivity contribution in [3.63, 3.8) is 0 Å². The molecule has 2 amide bonds. The second kappa shape index (κ2) is 9.03. The molecule has 1 saturated heterocycles. The van der Waals surface area contributed by atoms with Crippen molar-refractivity contribution in [2.75, 3.05) is 45.8 Å². The lowest BCUT2D eigenvalue weighted by Crippen LogP contribution is -2.51. The third-order valence-corrected chi connectivity index (χ3v) is 4.09. The van der Waals surface area contributed by atoms with Gasteiger partial charge in [-0.1, -0.05) is 30.4 Å². The smallest absolute Gasteiger partial charge is 0.253 e. The molecule has 128 valence electrons. The maximum atomic E-state index is 12.4. The molecule has 1 aliphatic heterocycles. The fourth-order valence-corrected chi connectivity index (χ4v) is 2.75. The van der Waals surface area contributed by atoms with Crippen LogP contribution in [0.3, 0.4) is 0 Å². The Morgan fingerprint density at radius 3 is 2.12 bits per heavy atom. The molecule has 0 saturated carbocycles. The first kappa shape index (κ1) is 17.9. The Kier molecular flexibility index (Phi) is 6.75. The average molecular weight is 327 g/mol. The first-order chi connectivity index (χ1) is 11.7. The molecule has 1 fully saturated rings. The summed E-state index contributed by atoms with van der Waals surface area (Å²) in [6.07, 6.45) is 3.44. The van der Waals surface area contributed by atoms with E-state index in [1.807, 2.05) is 35.2 Å². The van der Waals surface area contributed by atoms with Gasteiger partial charge in [0.15, 0.2) is 0 Å². The summed E-state index contributed by atoms with van der Waals surface area (Å²) in [7, 11) is 0. The molecule has 1 aromatic rings. The van der Waals surface area contributed by atoms with Gasteiger partial charge in [0.1, 0.15) is 0 Å². The highest BCUT2D eigenvalue weighted by Gasteiger charge is 2.24. The van der Waals surface area contributed by atoms with Crippen LogP contribution >= 0.6 is 0 Å². The van der Waals surface area contributed by atoms with E-state index >= 15 is 0 Å². The number of hydrogen-bond acceptors (Lipinski definition) is 3. The van der Waals surface area contributed by atoms with E-state index in [2.05, 4.69) is 18.1 Å². The van der Waals surface area contributed by atoms with Gasteiger partial charge in [0, 0.05) is 44.8 Å². The molecule has 0 aromatic heterocycles.